The minimum Gasteiger partial charge on any atom is -0.448 e. The summed E-state index contributed by atoms with van der Waals surface area (Å²) in [7, 11) is 1.63. The second kappa shape index (κ2) is 26.2. The number of nitrogens with one attached hydrogen (secondary N) is 2. The Morgan fingerprint density at radius 1 is 0.865 bits per heavy atom. The fourth-order valence-corrected chi connectivity index (χ4v) is 3.00. The van der Waals surface area contributed by atoms with Crippen molar-refractivity contribution in [2.75, 3.05) is 46.6 Å². The maximum absolute atomic E-state index is 11.9. The van der Waals surface area contributed by atoms with Gasteiger partial charge in [0.15, 0.2) is 5.96 Å². The second-order valence-corrected chi connectivity index (χ2v) is 8.28. The summed E-state index contributed by atoms with van der Waals surface area (Å²) in [5.41, 5.74) is 31.7. The number of unbranched alkanes of at least 4 members (excludes halogenated alkanes) is 2. The van der Waals surface area contributed by atoms with E-state index in [9.17, 15) is 14.4 Å². The number of ether oxygens (including phenoxy) is 3. The third-order valence-corrected chi connectivity index (χ3v) is 4.89. The number of alkyl carbamates (subject to hydrolysis) is 1. The van der Waals surface area contributed by atoms with E-state index in [0.29, 0.717) is 45.5 Å². The lowest BCUT2D eigenvalue weighted by Gasteiger charge is -2.20. The van der Waals surface area contributed by atoms with Crippen molar-refractivity contribution in [3.05, 3.63) is 0 Å². The SMILES string of the molecule is COCC(N)CCCN=C(N)N.NCCCCC(COC(=O)NC(CCCCN)COC(N)=O)NC=O. The van der Waals surface area contributed by atoms with Crippen LogP contribution < -0.4 is 45.0 Å². The highest BCUT2D eigenvalue weighted by atomic mass is 16.6. The maximum Gasteiger partial charge on any atom is 0.407 e. The van der Waals surface area contributed by atoms with Crippen LogP contribution >= 0.6 is 0 Å². The van der Waals surface area contributed by atoms with Gasteiger partial charge in [0, 0.05) is 19.7 Å². The molecule has 37 heavy (non-hydrogen) atoms. The molecule has 0 heterocycles. The number of nitrogens with two attached hydrogens (primary N) is 6. The van der Waals surface area contributed by atoms with Gasteiger partial charge in [-0.15, -0.1) is 0 Å². The van der Waals surface area contributed by atoms with Crippen molar-refractivity contribution in [3.8, 4) is 0 Å². The van der Waals surface area contributed by atoms with Crippen LogP contribution in [-0.2, 0) is 19.0 Å². The normalized spacial score (nSPS) is 12.6. The van der Waals surface area contributed by atoms with Gasteiger partial charge in [0.1, 0.15) is 13.2 Å². The Kier molecular flexibility index (Phi) is 25.7. The van der Waals surface area contributed by atoms with Crippen molar-refractivity contribution in [2.45, 2.75) is 69.5 Å². The molecule has 0 saturated heterocycles. The minimum absolute atomic E-state index is 0.0402. The Balaban J connectivity index is 0. The largest absolute Gasteiger partial charge is 0.448 e. The fraction of sp³-hybridized carbons (Fsp3) is 0.818. The molecule has 0 aromatic rings. The van der Waals surface area contributed by atoms with E-state index in [1.807, 2.05) is 0 Å². The molecule has 15 nitrogen and oxygen atoms in total. The van der Waals surface area contributed by atoms with Crippen molar-refractivity contribution >= 4 is 24.6 Å². The van der Waals surface area contributed by atoms with Crippen molar-refractivity contribution < 1.29 is 28.6 Å². The molecule has 0 aliphatic carbocycles. The third-order valence-electron chi connectivity index (χ3n) is 4.89. The van der Waals surface area contributed by atoms with Gasteiger partial charge in [0.2, 0.25) is 6.41 Å². The zero-order valence-electron chi connectivity index (χ0n) is 22.1. The van der Waals surface area contributed by atoms with Gasteiger partial charge in [-0.2, -0.15) is 0 Å². The molecule has 3 amide bonds. The van der Waals surface area contributed by atoms with Gasteiger partial charge in [-0.1, -0.05) is 12.8 Å². The van der Waals surface area contributed by atoms with Crippen molar-refractivity contribution in [3.63, 3.8) is 0 Å². The highest BCUT2D eigenvalue weighted by Gasteiger charge is 2.16. The first-order chi connectivity index (χ1) is 17.7. The van der Waals surface area contributed by atoms with E-state index in [-0.39, 0.29) is 31.3 Å². The topological polar surface area (TPSA) is 271 Å². The molecule has 0 spiro atoms. The van der Waals surface area contributed by atoms with Gasteiger partial charge < -0.3 is 59.2 Å². The molecule has 3 atom stereocenters. The molecule has 218 valence electrons. The van der Waals surface area contributed by atoms with Crippen LogP contribution in [0.15, 0.2) is 4.99 Å². The molecule has 0 aliphatic rings. The molecule has 0 radical (unpaired) electrons. The smallest absolute Gasteiger partial charge is 0.407 e. The molecule has 0 aromatic heterocycles. The third kappa shape index (κ3) is 27.6. The van der Waals surface area contributed by atoms with Gasteiger partial charge in [0.25, 0.3) is 0 Å². The number of carbonyl (C=O) groups is 3. The van der Waals surface area contributed by atoms with Gasteiger partial charge in [0.05, 0.1) is 18.7 Å². The molecule has 15 heteroatoms. The summed E-state index contributed by atoms with van der Waals surface area (Å²) in [5.74, 6) is 0.135. The van der Waals surface area contributed by atoms with Crippen LogP contribution in [0.4, 0.5) is 9.59 Å². The summed E-state index contributed by atoms with van der Waals surface area (Å²) in [6.45, 7) is 2.33. The monoisotopic (exact) mass is 535 g/mol. The average Bonchev–Trinajstić information content (AvgIpc) is 2.84. The highest BCUT2D eigenvalue weighted by Crippen LogP contribution is 2.04. The number of amides is 3. The number of hydrogen-bond donors (Lipinski definition) is 8. The summed E-state index contributed by atoms with van der Waals surface area (Å²) in [6, 6.07) is -0.599. The lowest BCUT2D eigenvalue weighted by atomic mass is 10.1. The summed E-state index contributed by atoms with van der Waals surface area (Å²) in [4.78, 5) is 37.1. The molecule has 0 aliphatic heterocycles. The van der Waals surface area contributed by atoms with Crippen LogP contribution in [-0.4, -0.2) is 89.2 Å². The van der Waals surface area contributed by atoms with Crippen LogP contribution in [0.1, 0.15) is 51.4 Å². The molecule has 14 N–H and O–H groups in total. The number of aliphatic imine (C=N–C) groups is 1. The van der Waals surface area contributed by atoms with E-state index >= 15 is 0 Å². The van der Waals surface area contributed by atoms with Gasteiger partial charge >= 0.3 is 12.2 Å². The van der Waals surface area contributed by atoms with Crippen LogP contribution in [0.3, 0.4) is 0 Å². The Bertz CT molecular complexity index is 609. The molecule has 0 saturated carbocycles. The van der Waals surface area contributed by atoms with E-state index in [1.165, 1.54) is 0 Å². The summed E-state index contributed by atoms with van der Waals surface area (Å²) < 4.78 is 14.7. The molecule has 0 bridgehead atoms. The first kappa shape index (κ1) is 36.3. The number of nitrogens with zero attached hydrogens (tertiary/aromatic N) is 1. The molecular formula is C22H49N9O6. The number of rotatable bonds is 21. The molecular weight excluding hydrogens is 486 g/mol. The highest BCUT2D eigenvalue weighted by molar-refractivity contribution is 5.75. The molecule has 0 rings (SSSR count). The number of guanidine groups is 1. The van der Waals surface area contributed by atoms with E-state index in [1.54, 1.807) is 7.11 Å². The first-order valence-corrected chi connectivity index (χ1v) is 12.4. The van der Waals surface area contributed by atoms with E-state index in [0.717, 1.165) is 38.5 Å². The Morgan fingerprint density at radius 3 is 1.97 bits per heavy atom. The van der Waals surface area contributed by atoms with Crippen molar-refractivity contribution in [1.82, 2.24) is 10.6 Å². The van der Waals surface area contributed by atoms with Gasteiger partial charge in [-0.25, -0.2) is 9.59 Å². The van der Waals surface area contributed by atoms with E-state index < -0.39 is 18.2 Å². The lowest BCUT2D eigenvalue weighted by Crippen LogP contribution is -2.42. The standard InChI is InChI=1S/C15H31N5O5.C7H18N4O/c16-7-3-1-5-12(19-11-21)9-25-15(23)20-13(6-2-4-8-17)10-24-14(18)22;1-12-5-6(8)3-2-4-11-7(9)10/h11-13H,1-10,16-17H2,(H2,18,22)(H,19,21)(H,20,23);6H,2-5,8H2,1H3,(H4,9,10,11). The second-order valence-electron chi connectivity index (χ2n) is 8.28. The predicted molar refractivity (Wildman–Crippen MR) is 142 cm³/mol. The van der Waals surface area contributed by atoms with E-state index in [2.05, 4.69) is 15.6 Å². The van der Waals surface area contributed by atoms with Crippen LogP contribution in [0.2, 0.25) is 0 Å². The molecule has 3 unspecified atom stereocenters. The number of methoxy groups -OCH3 is 1. The quantitative estimate of drug-likeness (QED) is 0.0365. The summed E-state index contributed by atoms with van der Waals surface area (Å²) in [5, 5.41) is 5.23. The number of primary amides is 1. The zero-order chi connectivity index (χ0) is 28.3. The lowest BCUT2D eigenvalue weighted by molar-refractivity contribution is -0.110. The maximum atomic E-state index is 11.9. The number of hydrogen-bond acceptors (Lipinski definition) is 10. The predicted octanol–water partition coefficient (Wildman–Crippen LogP) is -1.44. The summed E-state index contributed by atoms with van der Waals surface area (Å²) in [6.07, 6.45) is 5.22. The van der Waals surface area contributed by atoms with Gasteiger partial charge in [-0.05, 0) is 51.6 Å². The van der Waals surface area contributed by atoms with Crippen LogP contribution in [0.25, 0.3) is 0 Å². The van der Waals surface area contributed by atoms with Crippen molar-refractivity contribution in [1.29, 1.82) is 0 Å². The first-order valence-electron chi connectivity index (χ1n) is 12.4. The average molecular weight is 536 g/mol. The minimum atomic E-state index is -0.908. The zero-order valence-corrected chi connectivity index (χ0v) is 22.1. The fourth-order valence-electron chi connectivity index (χ4n) is 3.00. The van der Waals surface area contributed by atoms with Crippen molar-refractivity contribution in [2.24, 2.45) is 39.4 Å². The van der Waals surface area contributed by atoms with Crippen LogP contribution in [0, 0.1) is 0 Å². The van der Waals surface area contributed by atoms with E-state index in [4.69, 9.17) is 48.6 Å². The number of carbonyl (C=O) groups excluding carboxylic acids is 3. The Labute approximate surface area is 219 Å². The molecule has 0 aromatic carbocycles. The Morgan fingerprint density at radius 2 is 1.46 bits per heavy atom. The van der Waals surface area contributed by atoms with Gasteiger partial charge in [-0.3, -0.25) is 9.79 Å². The Hall–Kier alpha value is -2.88. The summed E-state index contributed by atoms with van der Waals surface area (Å²) >= 11 is 0. The van der Waals surface area contributed by atoms with Crippen LogP contribution in [0.5, 0.6) is 0 Å². The molecule has 0 fully saturated rings.